The Hall–Kier alpha value is -3.17. The highest BCUT2D eigenvalue weighted by molar-refractivity contribution is 7.62. The van der Waals surface area contributed by atoms with Crippen LogP contribution in [-0.2, 0) is 28.9 Å². The molecule has 0 radical (unpaired) electrons. The number of hydrogen-bond acceptors (Lipinski definition) is 11. The Bertz CT molecular complexity index is 1430. The highest BCUT2D eigenvalue weighted by Crippen LogP contribution is 2.57. The smallest absolute Gasteiger partial charge is 0.325 e. The Morgan fingerprint density at radius 1 is 1.14 bits per heavy atom. The SMILES string of the molecule is Cc1ccccc1CP(=O)([O-])OP(=O)([O-])OC[C@H]1O[C@@H](N2C=CC(NC(=O)Nc3ccc(F)cc3)NC2=O)C(O)[C@H]1O. The van der Waals surface area contributed by atoms with E-state index in [2.05, 4.69) is 24.8 Å². The maximum Gasteiger partial charge on any atom is 0.325 e. The maximum atomic E-state index is 13.0. The number of carbonyl (C=O) groups excluding carboxylic acids is 2. The summed E-state index contributed by atoms with van der Waals surface area (Å²) in [7, 11) is -10.4. The number of aryl methyl sites for hydroxylation is 1. The highest BCUT2D eigenvalue weighted by atomic mass is 31.3. The molecule has 0 bridgehead atoms. The number of aliphatic hydroxyl groups excluding tert-OH is 2. The maximum absolute atomic E-state index is 13.0. The number of rotatable bonds is 10. The van der Waals surface area contributed by atoms with Gasteiger partial charge in [0.15, 0.2) is 6.23 Å². The van der Waals surface area contributed by atoms with Crippen LogP contribution >= 0.6 is 15.4 Å². The van der Waals surface area contributed by atoms with Crippen LogP contribution in [0.2, 0.25) is 0 Å². The van der Waals surface area contributed by atoms with Gasteiger partial charge in [0, 0.05) is 18.0 Å². The van der Waals surface area contributed by atoms with Crippen LogP contribution in [0.25, 0.3) is 0 Å². The normalized spacial score (nSPS) is 26.7. The monoisotopic (exact) mass is 628 g/mol. The van der Waals surface area contributed by atoms with Gasteiger partial charge in [0.05, 0.1) is 6.61 Å². The van der Waals surface area contributed by atoms with Gasteiger partial charge in [-0.2, -0.15) is 0 Å². The Kier molecular flexibility index (Phi) is 9.83. The van der Waals surface area contributed by atoms with E-state index in [-0.39, 0.29) is 0 Å². The minimum absolute atomic E-state index is 0.295. The molecule has 1 fully saturated rings. The molecular formula is C24H27FN4O11P2-2. The van der Waals surface area contributed by atoms with Gasteiger partial charge in [0.2, 0.25) is 0 Å². The average molecular weight is 628 g/mol. The Morgan fingerprint density at radius 3 is 2.50 bits per heavy atom. The zero-order chi connectivity index (χ0) is 30.7. The van der Waals surface area contributed by atoms with E-state index in [1.807, 2.05) is 0 Å². The summed E-state index contributed by atoms with van der Waals surface area (Å²) in [4.78, 5) is 50.2. The van der Waals surface area contributed by atoms with E-state index in [4.69, 9.17) is 4.74 Å². The van der Waals surface area contributed by atoms with Gasteiger partial charge in [-0.3, -0.25) is 13.8 Å². The number of hydrogen-bond donors (Lipinski definition) is 5. The number of benzene rings is 2. The molecule has 2 aliphatic heterocycles. The van der Waals surface area contributed by atoms with Crippen molar-refractivity contribution in [3.05, 3.63) is 77.8 Å². The number of aliphatic hydroxyl groups is 2. The second-order valence-electron chi connectivity index (χ2n) is 9.35. The van der Waals surface area contributed by atoms with Crippen LogP contribution in [0.15, 0.2) is 60.8 Å². The number of phosphoric acid groups is 1. The molecule has 42 heavy (non-hydrogen) atoms. The van der Waals surface area contributed by atoms with Gasteiger partial charge >= 0.3 is 12.1 Å². The zero-order valence-electron chi connectivity index (χ0n) is 21.9. The van der Waals surface area contributed by atoms with Gasteiger partial charge in [-0.1, -0.05) is 24.3 Å². The molecule has 0 spiro atoms. The first-order chi connectivity index (χ1) is 19.7. The molecular weight excluding hydrogens is 601 g/mol. The molecule has 4 unspecified atom stereocenters. The van der Waals surface area contributed by atoms with Gasteiger partial charge < -0.3 is 49.8 Å². The van der Waals surface area contributed by atoms with Crippen molar-refractivity contribution < 1.29 is 56.7 Å². The van der Waals surface area contributed by atoms with Crippen LogP contribution in [0, 0.1) is 12.7 Å². The van der Waals surface area contributed by atoms with Gasteiger partial charge in [-0.15, -0.1) is 0 Å². The van der Waals surface area contributed by atoms with E-state index in [9.17, 15) is 43.1 Å². The lowest BCUT2D eigenvalue weighted by atomic mass is 10.1. The summed E-state index contributed by atoms with van der Waals surface area (Å²) >= 11 is 0. The topological polar surface area (TPSA) is 222 Å². The van der Waals surface area contributed by atoms with Crippen molar-refractivity contribution in [2.24, 2.45) is 0 Å². The first kappa shape index (κ1) is 31.8. The lowest BCUT2D eigenvalue weighted by Crippen LogP contribution is -2.57. The molecule has 18 heteroatoms. The molecule has 5 N–H and O–H groups in total. The quantitative estimate of drug-likeness (QED) is 0.232. The third-order valence-corrected chi connectivity index (χ3v) is 9.19. The molecule has 228 valence electrons. The molecule has 7 atom stereocenters. The molecule has 0 aromatic heterocycles. The Morgan fingerprint density at radius 2 is 1.83 bits per heavy atom. The predicted octanol–water partition coefficient (Wildman–Crippen LogP) is 0.823. The van der Waals surface area contributed by atoms with E-state index in [0.29, 0.717) is 16.8 Å². The van der Waals surface area contributed by atoms with Crippen molar-refractivity contribution in [2.75, 3.05) is 11.9 Å². The molecule has 15 nitrogen and oxygen atoms in total. The molecule has 0 aliphatic carbocycles. The number of urea groups is 2. The number of carbonyl (C=O) groups is 2. The zero-order valence-corrected chi connectivity index (χ0v) is 23.7. The minimum atomic E-state index is -5.45. The molecule has 2 aliphatic rings. The van der Waals surface area contributed by atoms with E-state index >= 15 is 0 Å². The van der Waals surface area contributed by atoms with Crippen molar-refractivity contribution in [3.8, 4) is 0 Å². The summed E-state index contributed by atoms with van der Waals surface area (Å²) in [6.45, 7) is 0.706. The van der Waals surface area contributed by atoms with E-state index in [0.717, 1.165) is 23.2 Å². The van der Waals surface area contributed by atoms with E-state index < -0.39 is 76.8 Å². The second-order valence-corrected chi connectivity index (χ2v) is 12.7. The van der Waals surface area contributed by atoms with Crippen molar-refractivity contribution in [1.29, 1.82) is 0 Å². The van der Waals surface area contributed by atoms with Crippen molar-refractivity contribution in [3.63, 3.8) is 0 Å². The number of anilines is 1. The summed E-state index contributed by atoms with van der Waals surface area (Å²) in [5.74, 6) is -0.490. The first-order valence-corrected chi connectivity index (χ1v) is 15.6. The van der Waals surface area contributed by atoms with Gasteiger partial charge in [0.25, 0.3) is 7.82 Å². The predicted molar refractivity (Wildman–Crippen MR) is 140 cm³/mol. The number of nitrogens with one attached hydrogen (secondary N) is 3. The minimum Gasteiger partial charge on any atom is -0.778 e. The standard InChI is InChI=1S/C24H29FN4O11P2/c1-14-4-2-3-5-15(14)13-41(34,35)40-42(36,37)38-12-18-20(30)21(31)22(39-18)29-11-10-19(28-24(29)33)27-23(32)26-17-8-6-16(25)7-9-17/h2-11,18-22,30-31H,12-13H2,1H3,(H,28,33)(H,34,35)(H,36,37)(H2,26,27,32)/p-2/t18-,19?,20+,21?,22-/m1/s1. The lowest BCUT2D eigenvalue weighted by molar-refractivity contribution is -0.234. The van der Waals surface area contributed by atoms with Gasteiger partial charge in [0.1, 0.15) is 37.9 Å². The first-order valence-electron chi connectivity index (χ1n) is 12.4. The number of ether oxygens (including phenoxy) is 1. The number of halogens is 1. The third-order valence-electron chi connectivity index (χ3n) is 6.20. The number of nitrogens with zero attached hydrogens (tertiary/aromatic N) is 1. The molecule has 2 heterocycles. The summed E-state index contributed by atoms with van der Waals surface area (Å²) in [5, 5.41) is 28.1. The Balaban J connectivity index is 1.30. The molecule has 0 saturated carbocycles. The summed E-state index contributed by atoms with van der Waals surface area (Å²) in [6, 6.07) is 9.78. The fraction of sp³-hybridized carbons (Fsp3) is 0.333. The van der Waals surface area contributed by atoms with Gasteiger partial charge in [-0.25, -0.2) is 14.0 Å². The molecule has 4 amide bonds. The molecule has 2 aromatic carbocycles. The number of amides is 4. The molecule has 2 aromatic rings. The second kappa shape index (κ2) is 13.0. The summed E-state index contributed by atoms with van der Waals surface area (Å²) in [5.41, 5.74) is 1.23. The van der Waals surface area contributed by atoms with E-state index in [1.54, 1.807) is 25.1 Å². The van der Waals surface area contributed by atoms with Crippen LogP contribution in [0.1, 0.15) is 11.1 Å². The third kappa shape index (κ3) is 8.22. The van der Waals surface area contributed by atoms with Crippen molar-refractivity contribution >= 4 is 33.2 Å². The fourth-order valence-electron chi connectivity index (χ4n) is 4.09. The van der Waals surface area contributed by atoms with Crippen LogP contribution in [0.4, 0.5) is 19.7 Å². The highest BCUT2D eigenvalue weighted by Gasteiger charge is 2.47. The van der Waals surface area contributed by atoms with E-state index in [1.165, 1.54) is 24.3 Å². The lowest BCUT2D eigenvalue weighted by Gasteiger charge is -2.33. The Labute approximate surface area is 239 Å². The molecule has 1 saturated heterocycles. The average Bonchev–Trinajstić information content (AvgIpc) is 3.18. The van der Waals surface area contributed by atoms with Crippen LogP contribution in [-0.4, -0.2) is 64.5 Å². The number of phosphoric ester groups is 1. The molecule has 4 rings (SSSR count). The largest absolute Gasteiger partial charge is 0.778 e. The summed E-state index contributed by atoms with van der Waals surface area (Å²) in [6.07, 6.45) is -5.70. The van der Waals surface area contributed by atoms with Crippen LogP contribution in [0.3, 0.4) is 0 Å². The van der Waals surface area contributed by atoms with Crippen molar-refractivity contribution in [1.82, 2.24) is 15.5 Å². The fourth-order valence-corrected chi connectivity index (χ4v) is 6.83. The summed E-state index contributed by atoms with van der Waals surface area (Å²) < 4.78 is 51.9. The van der Waals surface area contributed by atoms with Crippen molar-refractivity contribution in [2.45, 2.75) is 43.8 Å². The van der Waals surface area contributed by atoms with Crippen LogP contribution in [0.5, 0.6) is 0 Å². The van der Waals surface area contributed by atoms with Crippen LogP contribution < -0.4 is 25.7 Å². The van der Waals surface area contributed by atoms with Gasteiger partial charge in [-0.05, 0) is 48.4 Å².